The molecule has 0 saturated heterocycles. The molecule has 0 aliphatic rings. The number of anilines is 1. The maximum absolute atomic E-state index is 11.9. The van der Waals surface area contributed by atoms with Crippen LogP contribution in [0.4, 0.5) is 5.69 Å². The fourth-order valence-electron chi connectivity index (χ4n) is 1.78. The van der Waals surface area contributed by atoms with Gasteiger partial charge in [-0.15, -0.1) is 0 Å². The summed E-state index contributed by atoms with van der Waals surface area (Å²) < 4.78 is 1.67. The molecule has 0 fully saturated rings. The molecule has 1 amide bonds. The monoisotopic (exact) mass is 260 g/mol. The number of aryl methyl sites for hydroxylation is 1. The molecule has 6 heteroatoms. The van der Waals surface area contributed by atoms with Crippen LogP contribution in [0.15, 0.2) is 30.6 Å². The standard InChI is InChI=1S/C13H16N4O2/c1-9-6-11(18)2-3-12(9)13(19)15-4-5-17-8-10(14)7-16-17/h2-3,6-8,18H,4-5,14H2,1H3,(H,15,19). The smallest absolute Gasteiger partial charge is 0.251 e. The molecule has 0 aliphatic carbocycles. The maximum atomic E-state index is 11.9. The highest BCUT2D eigenvalue weighted by atomic mass is 16.3. The van der Waals surface area contributed by atoms with Crippen LogP contribution in [0, 0.1) is 6.92 Å². The molecule has 4 N–H and O–H groups in total. The number of phenols is 1. The number of nitrogens with zero attached hydrogens (tertiary/aromatic N) is 2. The Morgan fingerprint density at radius 2 is 2.32 bits per heavy atom. The first kappa shape index (κ1) is 12.9. The third-order valence-corrected chi connectivity index (χ3v) is 2.73. The zero-order valence-electron chi connectivity index (χ0n) is 10.6. The molecule has 19 heavy (non-hydrogen) atoms. The number of phenolic OH excluding ortho intramolecular Hbond substituents is 1. The molecule has 1 heterocycles. The minimum absolute atomic E-state index is 0.154. The largest absolute Gasteiger partial charge is 0.508 e. The van der Waals surface area contributed by atoms with Crippen LogP contribution in [0.5, 0.6) is 5.75 Å². The van der Waals surface area contributed by atoms with Gasteiger partial charge in [0.2, 0.25) is 0 Å². The Kier molecular flexibility index (Phi) is 3.70. The van der Waals surface area contributed by atoms with E-state index >= 15 is 0 Å². The van der Waals surface area contributed by atoms with Crippen LogP contribution in [0.2, 0.25) is 0 Å². The van der Waals surface area contributed by atoms with Crippen molar-refractivity contribution in [3.05, 3.63) is 41.7 Å². The molecular formula is C13H16N4O2. The molecule has 1 aromatic carbocycles. The van der Waals surface area contributed by atoms with Crippen LogP contribution >= 0.6 is 0 Å². The van der Waals surface area contributed by atoms with E-state index in [-0.39, 0.29) is 11.7 Å². The van der Waals surface area contributed by atoms with E-state index < -0.39 is 0 Å². The molecule has 2 aromatic rings. The van der Waals surface area contributed by atoms with E-state index in [2.05, 4.69) is 10.4 Å². The number of amides is 1. The number of benzene rings is 1. The van der Waals surface area contributed by atoms with Gasteiger partial charge in [0, 0.05) is 18.3 Å². The van der Waals surface area contributed by atoms with E-state index in [1.807, 2.05) is 0 Å². The van der Waals surface area contributed by atoms with Crippen molar-refractivity contribution in [2.75, 3.05) is 12.3 Å². The Morgan fingerprint density at radius 3 is 2.95 bits per heavy atom. The summed E-state index contributed by atoms with van der Waals surface area (Å²) in [6.45, 7) is 2.79. The van der Waals surface area contributed by atoms with Crippen LogP contribution in [0.3, 0.4) is 0 Å². The van der Waals surface area contributed by atoms with Crippen molar-refractivity contribution in [2.24, 2.45) is 0 Å². The minimum Gasteiger partial charge on any atom is -0.508 e. The average Bonchev–Trinajstić information content (AvgIpc) is 2.75. The second kappa shape index (κ2) is 5.43. The molecular weight excluding hydrogens is 244 g/mol. The van der Waals surface area contributed by atoms with E-state index in [9.17, 15) is 9.90 Å². The number of carbonyl (C=O) groups excluding carboxylic acids is 1. The lowest BCUT2D eigenvalue weighted by Crippen LogP contribution is -2.27. The van der Waals surface area contributed by atoms with E-state index in [4.69, 9.17) is 5.73 Å². The van der Waals surface area contributed by atoms with Gasteiger partial charge in [-0.3, -0.25) is 9.48 Å². The first-order valence-corrected chi connectivity index (χ1v) is 5.92. The maximum Gasteiger partial charge on any atom is 0.251 e. The van der Waals surface area contributed by atoms with Gasteiger partial charge in [0.1, 0.15) is 5.75 Å². The Bertz CT molecular complexity index is 592. The van der Waals surface area contributed by atoms with Gasteiger partial charge in [-0.05, 0) is 30.7 Å². The second-order valence-electron chi connectivity index (χ2n) is 4.29. The lowest BCUT2D eigenvalue weighted by molar-refractivity contribution is 0.0951. The summed E-state index contributed by atoms with van der Waals surface area (Å²) in [4.78, 5) is 11.9. The number of rotatable bonds is 4. The summed E-state index contributed by atoms with van der Waals surface area (Å²) in [5, 5.41) is 16.1. The summed E-state index contributed by atoms with van der Waals surface area (Å²) in [7, 11) is 0. The molecule has 0 bridgehead atoms. The highest BCUT2D eigenvalue weighted by Crippen LogP contribution is 2.15. The molecule has 6 nitrogen and oxygen atoms in total. The van der Waals surface area contributed by atoms with Crippen molar-refractivity contribution in [2.45, 2.75) is 13.5 Å². The van der Waals surface area contributed by atoms with Crippen molar-refractivity contribution in [1.29, 1.82) is 0 Å². The Morgan fingerprint density at radius 1 is 1.53 bits per heavy atom. The quantitative estimate of drug-likeness (QED) is 0.761. The number of hydrogen-bond acceptors (Lipinski definition) is 4. The van der Waals surface area contributed by atoms with Gasteiger partial charge < -0.3 is 16.2 Å². The fourth-order valence-corrected chi connectivity index (χ4v) is 1.78. The van der Waals surface area contributed by atoms with E-state index in [0.717, 1.165) is 5.56 Å². The third kappa shape index (κ3) is 3.25. The number of nitrogens with one attached hydrogen (secondary N) is 1. The van der Waals surface area contributed by atoms with E-state index in [0.29, 0.717) is 24.3 Å². The Hall–Kier alpha value is -2.50. The summed E-state index contributed by atoms with van der Waals surface area (Å²) >= 11 is 0. The van der Waals surface area contributed by atoms with E-state index in [1.165, 1.54) is 6.07 Å². The highest BCUT2D eigenvalue weighted by molar-refractivity contribution is 5.95. The highest BCUT2D eigenvalue weighted by Gasteiger charge is 2.08. The number of hydrogen-bond donors (Lipinski definition) is 3. The van der Waals surface area contributed by atoms with Crippen molar-refractivity contribution >= 4 is 11.6 Å². The summed E-state index contributed by atoms with van der Waals surface area (Å²) in [6, 6.07) is 4.66. The number of aromatic hydroxyl groups is 1. The van der Waals surface area contributed by atoms with Gasteiger partial charge in [-0.25, -0.2) is 0 Å². The summed E-state index contributed by atoms with van der Waals surface area (Å²) in [5.41, 5.74) is 7.43. The normalized spacial score (nSPS) is 10.4. The van der Waals surface area contributed by atoms with Crippen LogP contribution in [-0.4, -0.2) is 27.3 Å². The van der Waals surface area contributed by atoms with Gasteiger partial charge in [0.05, 0.1) is 18.4 Å². The zero-order chi connectivity index (χ0) is 13.8. The topological polar surface area (TPSA) is 93.2 Å². The molecule has 1 aromatic heterocycles. The molecule has 0 aliphatic heterocycles. The SMILES string of the molecule is Cc1cc(O)ccc1C(=O)NCCn1cc(N)cn1. The molecule has 0 saturated carbocycles. The lowest BCUT2D eigenvalue weighted by Gasteiger charge is -2.08. The molecule has 0 radical (unpaired) electrons. The fraction of sp³-hybridized carbons (Fsp3) is 0.231. The van der Waals surface area contributed by atoms with Crippen molar-refractivity contribution in [1.82, 2.24) is 15.1 Å². The van der Waals surface area contributed by atoms with Crippen molar-refractivity contribution in [3.63, 3.8) is 0 Å². The van der Waals surface area contributed by atoms with Gasteiger partial charge in [-0.1, -0.05) is 0 Å². The predicted molar refractivity (Wildman–Crippen MR) is 71.8 cm³/mol. The Balaban J connectivity index is 1.90. The van der Waals surface area contributed by atoms with Gasteiger partial charge in [0.25, 0.3) is 5.91 Å². The summed E-state index contributed by atoms with van der Waals surface area (Å²) in [5.74, 6) is -0.0151. The number of nitrogens with two attached hydrogens (primary N) is 1. The molecule has 0 spiro atoms. The van der Waals surface area contributed by atoms with Gasteiger partial charge in [-0.2, -0.15) is 5.10 Å². The van der Waals surface area contributed by atoms with Crippen LogP contribution < -0.4 is 11.1 Å². The number of carbonyl (C=O) groups is 1. The molecule has 2 rings (SSSR count). The number of nitrogen functional groups attached to an aromatic ring is 1. The van der Waals surface area contributed by atoms with Gasteiger partial charge >= 0.3 is 0 Å². The number of aromatic nitrogens is 2. The lowest BCUT2D eigenvalue weighted by atomic mass is 10.1. The van der Waals surface area contributed by atoms with Crippen molar-refractivity contribution in [3.8, 4) is 5.75 Å². The first-order chi connectivity index (χ1) is 9.06. The zero-order valence-corrected chi connectivity index (χ0v) is 10.6. The molecule has 100 valence electrons. The third-order valence-electron chi connectivity index (χ3n) is 2.73. The van der Waals surface area contributed by atoms with Crippen LogP contribution in [0.1, 0.15) is 15.9 Å². The Labute approximate surface area is 110 Å². The molecule has 0 atom stereocenters. The first-order valence-electron chi connectivity index (χ1n) is 5.92. The van der Waals surface area contributed by atoms with Crippen LogP contribution in [-0.2, 0) is 6.54 Å². The minimum atomic E-state index is -0.169. The second-order valence-corrected chi connectivity index (χ2v) is 4.29. The van der Waals surface area contributed by atoms with E-state index in [1.54, 1.807) is 36.1 Å². The molecule has 0 unspecified atom stereocenters. The predicted octanol–water partition coefficient (Wildman–Crippen LogP) is 0.909. The van der Waals surface area contributed by atoms with Crippen LogP contribution in [0.25, 0.3) is 0 Å². The van der Waals surface area contributed by atoms with Crippen molar-refractivity contribution < 1.29 is 9.90 Å². The average molecular weight is 260 g/mol. The van der Waals surface area contributed by atoms with Gasteiger partial charge in [0.15, 0.2) is 0 Å². The summed E-state index contributed by atoms with van der Waals surface area (Å²) in [6.07, 6.45) is 3.27.